The molecule has 0 rings (SSSR count). The Labute approximate surface area is 65.0 Å². The van der Waals surface area contributed by atoms with Gasteiger partial charge in [0.25, 0.3) is 0 Å². The minimum atomic E-state index is 0.347. The summed E-state index contributed by atoms with van der Waals surface area (Å²) in [5, 5.41) is 0. The quantitative estimate of drug-likeness (QED) is 0.473. The number of hydrogen-bond acceptors (Lipinski definition) is 1. The first-order chi connectivity index (χ1) is 4.83. The van der Waals surface area contributed by atoms with E-state index in [-0.39, 0.29) is 0 Å². The van der Waals surface area contributed by atoms with Crippen LogP contribution in [-0.2, 0) is 0 Å². The van der Waals surface area contributed by atoms with Crippen LogP contribution in [0.25, 0.3) is 0 Å². The summed E-state index contributed by atoms with van der Waals surface area (Å²) in [6.07, 6.45) is 10.2. The molecule has 0 saturated carbocycles. The fraction of sp³-hybridized carbons (Fsp3) is 0.778. The predicted molar refractivity (Wildman–Crippen MR) is 47.7 cm³/mol. The molecule has 0 heterocycles. The first-order valence-electron chi connectivity index (χ1n) is 3.96. The zero-order valence-electron chi connectivity index (χ0n) is 7.19. The third-order valence-corrected chi connectivity index (χ3v) is 1.07. The van der Waals surface area contributed by atoms with Crippen molar-refractivity contribution < 1.29 is 0 Å². The fourth-order valence-electron chi connectivity index (χ4n) is 0.500. The third kappa shape index (κ3) is 25.8. The SMILES string of the molecule is C#CCN.CCCCCC. The van der Waals surface area contributed by atoms with Gasteiger partial charge in [-0.1, -0.05) is 45.5 Å². The van der Waals surface area contributed by atoms with Crippen LogP contribution < -0.4 is 5.73 Å². The first-order valence-corrected chi connectivity index (χ1v) is 3.96. The van der Waals surface area contributed by atoms with Crippen molar-refractivity contribution in [2.45, 2.75) is 39.5 Å². The maximum atomic E-state index is 4.79. The molecule has 1 nitrogen and oxygen atoms in total. The molecule has 0 radical (unpaired) electrons. The van der Waals surface area contributed by atoms with Gasteiger partial charge in [-0.25, -0.2) is 0 Å². The van der Waals surface area contributed by atoms with E-state index >= 15 is 0 Å². The summed E-state index contributed by atoms with van der Waals surface area (Å²) >= 11 is 0. The Hall–Kier alpha value is -0.480. The minimum Gasteiger partial charge on any atom is -0.320 e. The number of nitrogens with two attached hydrogens (primary N) is 1. The highest BCUT2D eigenvalue weighted by Crippen LogP contribution is 1.95. The van der Waals surface area contributed by atoms with Crippen molar-refractivity contribution in [2.75, 3.05) is 6.54 Å². The van der Waals surface area contributed by atoms with Crippen molar-refractivity contribution in [3.8, 4) is 12.3 Å². The molecule has 2 N–H and O–H groups in total. The van der Waals surface area contributed by atoms with E-state index in [1.807, 2.05) is 0 Å². The molecule has 0 bridgehead atoms. The lowest BCUT2D eigenvalue weighted by atomic mass is 10.2. The summed E-state index contributed by atoms with van der Waals surface area (Å²) in [5.41, 5.74) is 4.79. The number of unbranched alkanes of at least 4 members (excludes halogenated alkanes) is 3. The van der Waals surface area contributed by atoms with Crippen molar-refractivity contribution in [1.29, 1.82) is 0 Å². The van der Waals surface area contributed by atoms with E-state index < -0.39 is 0 Å². The van der Waals surface area contributed by atoms with Crippen LogP contribution in [-0.4, -0.2) is 6.54 Å². The van der Waals surface area contributed by atoms with Gasteiger partial charge >= 0.3 is 0 Å². The summed E-state index contributed by atoms with van der Waals surface area (Å²) in [4.78, 5) is 0. The maximum Gasteiger partial charge on any atom is 0.0548 e. The second-order valence-electron chi connectivity index (χ2n) is 2.12. The van der Waals surface area contributed by atoms with E-state index in [0.717, 1.165) is 0 Å². The van der Waals surface area contributed by atoms with Gasteiger partial charge in [0.15, 0.2) is 0 Å². The van der Waals surface area contributed by atoms with Gasteiger partial charge in [0.05, 0.1) is 6.54 Å². The van der Waals surface area contributed by atoms with Crippen molar-refractivity contribution in [2.24, 2.45) is 5.73 Å². The Morgan fingerprint density at radius 1 is 1.20 bits per heavy atom. The van der Waals surface area contributed by atoms with E-state index in [4.69, 9.17) is 5.73 Å². The molecule has 0 aliphatic carbocycles. The largest absolute Gasteiger partial charge is 0.320 e. The average Bonchev–Trinajstić information content (AvgIpc) is 2.01. The van der Waals surface area contributed by atoms with E-state index in [1.165, 1.54) is 25.7 Å². The van der Waals surface area contributed by atoms with Crippen LogP contribution in [0.15, 0.2) is 0 Å². The standard InChI is InChI=1S/C6H14.C3H5N/c1-3-5-6-4-2;1-2-3-4/h3-6H2,1-2H3;1H,3-4H2. The fourth-order valence-corrected chi connectivity index (χ4v) is 0.500. The lowest BCUT2D eigenvalue weighted by Crippen LogP contribution is -1.91. The topological polar surface area (TPSA) is 26.0 Å². The van der Waals surface area contributed by atoms with Crippen molar-refractivity contribution in [1.82, 2.24) is 0 Å². The van der Waals surface area contributed by atoms with Crippen molar-refractivity contribution >= 4 is 0 Å². The molecular formula is C9H19N. The van der Waals surface area contributed by atoms with E-state index in [9.17, 15) is 0 Å². The molecule has 0 aromatic carbocycles. The molecule has 0 saturated heterocycles. The zero-order valence-corrected chi connectivity index (χ0v) is 7.19. The van der Waals surface area contributed by atoms with Crippen LogP contribution in [0.5, 0.6) is 0 Å². The van der Waals surface area contributed by atoms with Crippen LogP contribution in [0.2, 0.25) is 0 Å². The van der Waals surface area contributed by atoms with Crippen LogP contribution in [0.3, 0.4) is 0 Å². The molecule has 0 fully saturated rings. The second kappa shape index (κ2) is 15.8. The minimum absolute atomic E-state index is 0.347. The molecule has 0 unspecified atom stereocenters. The summed E-state index contributed by atoms with van der Waals surface area (Å²) in [6, 6.07) is 0. The van der Waals surface area contributed by atoms with E-state index in [0.29, 0.717) is 6.54 Å². The Morgan fingerprint density at radius 3 is 1.60 bits per heavy atom. The molecule has 0 aliphatic rings. The van der Waals surface area contributed by atoms with Gasteiger partial charge in [-0.3, -0.25) is 0 Å². The summed E-state index contributed by atoms with van der Waals surface area (Å²) in [5.74, 6) is 2.21. The Balaban J connectivity index is 0. The average molecular weight is 141 g/mol. The summed E-state index contributed by atoms with van der Waals surface area (Å²) < 4.78 is 0. The van der Waals surface area contributed by atoms with Gasteiger partial charge < -0.3 is 5.73 Å². The number of rotatable bonds is 3. The Kier molecular flexibility index (Phi) is 19.3. The highest BCUT2D eigenvalue weighted by atomic mass is 14.5. The van der Waals surface area contributed by atoms with Gasteiger partial charge in [0.1, 0.15) is 0 Å². The highest BCUT2D eigenvalue weighted by molar-refractivity contribution is 4.83. The maximum absolute atomic E-state index is 4.79. The van der Waals surface area contributed by atoms with Gasteiger partial charge in [-0.15, -0.1) is 6.42 Å². The highest BCUT2D eigenvalue weighted by Gasteiger charge is 1.75. The molecule has 0 aliphatic heterocycles. The molecule has 1 heteroatoms. The normalized spacial score (nSPS) is 7.40. The van der Waals surface area contributed by atoms with E-state index in [1.54, 1.807) is 0 Å². The number of hydrogen-bond donors (Lipinski definition) is 1. The molecular weight excluding hydrogens is 122 g/mol. The molecule has 0 aromatic rings. The molecule has 0 spiro atoms. The predicted octanol–water partition coefficient (Wildman–Crippen LogP) is 2.16. The van der Waals surface area contributed by atoms with E-state index in [2.05, 4.69) is 26.2 Å². The lowest BCUT2D eigenvalue weighted by molar-refractivity contribution is 0.702. The summed E-state index contributed by atoms with van der Waals surface area (Å²) in [6.45, 7) is 4.81. The molecule has 10 heavy (non-hydrogen) atoms. The Bertz CT molecular complexity index is 67.3. The Morgan fingerprint density at radius 2 is 1.50 bits per heavy atom. The molecule has 60 valence electrons. The van der Waals surface area contributed by atoms with Gasteiger partial charge in [0, 0.05) is 0 Å². The smallest absolute Gasteiger partial charge is 0.0548 e. The van der Waals surface area contributed by atoms with Crippen LogP contribution >= 0.6 is 0 Å². The van der Waals surface area contributed by atoms with Crippen LogP contribution in [0, 0.1) is 12.3 Å². The third-order valence-electron chi connectivity index (χ3n) is 1.07. The van der Waals surface area contributed by atoms with Gasteiger partial charge in [0.2, 0.25) is 0 Å². The molecule has 0 amide bonds. The second-order valence-corrected chi connectivity index (χ2v) is 2.12. The van der Waals surface area contributed by atoms with Crippen LogP contribution in [0.4, 0.5) is 0 Å². The zero-order chi connectivity index (χ0) is 8.24. The monoisotopic (exact) mass is 141 g/mol. The van der Waals surface area contributed by atoms with Gasteiger partial charge in [-0.05, 0) is 0 Å². The van der Waals surface area contributed by atoms with Crippen LogP contribution in [0.1, 0.15) is 39.5 Å². The summed E-state index contributed by atoms with van der Waals surface area (Å²) in [7, 11) is 0. The van der Waals surface area contributed by atoms with Crippen molar-refractivity contribution in [3.05, 3.63) is 0 Å². The van der Waals surface area contributed by atoms with Crippen molar-refractivity contribution in [3.63, 3.8) is 0 Å². The molecule has 0 aromatic heterocycles. The lowest BCUT2D eigenvalue weighted by Gasteiger charge is -1.86. The van der Waals surface area contributed by atoms with Gasteiger partial charge in [-0.2, -0.15) is 0 Å². The molecule has 0 atom stereocenters. The number of terminal acetylenes is 1. The first kappa shape index (κ1) is 12.2.